The molecule has 0 amide bonds. The SMILES string of the molecule is CCn1ncnc1C(=O)c1sccc1F. The molecule has 4 nitrogen and oxygen atoms in total. The molecule has 0 N–H and O–H groups in total. The van der Waals surface area contributed by atoms with Gasteiger partial charge < -0.3 is 0 Å². The maximum absolute atomic E-state index is 13.2. The highest BCUT2D eigenvalue weighted by atomic mass is 32.1. The van der Waals surface area contributed by atoms with Crippen molar-refractivity contribution >= 4 is 17.1 Å². The van der Waals surface area contributed by atoms with Crippen LogP contribution < -0.4 is 0 Å². The van der Waals surface area contributed by atoms with Gasteiger partial charge in [-0.05, 0) is 18.4 Å². The number of hydrogen-bond donors (Lipinski definition) is 0. The van der Waals surface area contributed by atoms with Gasteiger partial charge in [0, 0.05) is 6.54 Å². The first kappa shape index (κ1) is 9.97. The Balaban J connectivity index is 2.41. The van der Waals surface area contributed by atoms with E-state index in [-0.39, 0.29) is 10.7 Å². The Morgan fingerprint density at radius 1 is 1.67 bits per heavy atom. The normalized spacial score (nSPS) is 10.5. The molecular formula is C9H8FN3OS. The third-order valence-electron chi connectivity index (χ3n) is 1.94. The lowest BCUT2D eigenvalue weighted by Crippen LogP contribution is -2.11. The molecule has 0 aliphatic heterocycles. The van der Waals surface area contributed by atoms with Crippen LogP contribution in [0, 0.1) is 5.82 Å². The predicted octanol–water partition coefficient (Wildman–Crippen LogP) is 1.73. The lowest BCUT2D eigenvalue weighted by molar-refractivity contribution is 0.102. The Bertz CT molecular complexity index is 491. The summed E-state index contributed by atoms with van der Waals surface area (Å²) in [5, 5.41) is 5.40. The molecule has 0 atom stereocenters. The summed E-state index contributed by atoms with van der Waals surface area (Å²) in [5.74, 6) is -0.739. The van der Waals surface area contributed by atoms with Crippen LogP contribution in [-0.2, 0) is 6.54 Å². The zero-order chi connectivity index (χ0) is 10.8. The molecule has 0 unspecified atom stereocenters. The van der Waals surface area contributed by atoms with Crippen LogP contribution in [0.5, 0.6) is 0 Å². The predicted molar refractivity (Wildman–Crippen MR) is 53.4 cm³/mol. The minimum Gasteiger partial charge on any atom is -0.284 e. The number of rotatable bonds is 3. The second-order valence-electron chi connectivity index (χ2n) is 2.83. The maximum Gasteiger partial charge on any atom is 0.242 e. The van der Waals surface area contributed by atoms with E-state index < -0.39 is 11.6 Å². The van der Waals surface area contributed by atoms with Crippen molar-refractivity contribution in [2.75, 3.05) is 0 Å². The Labute approximate surface area is 89.4 Å². The molecule has 0 saturated carbocycles. The molecule has 6 heteroatoms. The van der Waals surface area contributed by atoms with E-state index in [1.54, 1.807) is 0 Å². The van der Waals surface area contributed by atoms with Crippen molar-refractivity contribution in [3.8, 4) is 0 Å². The van der Waals surface area contributed by atoms with Gasteiger partial charge in [0.2, 0.25) is 11.6 Å². The fraction of sp³-hybridized carbons (Fsp3) is 0.222. The van der Waals surface area contributed by atoms with Gasteiger partial charge >= 0.3 is 0 Å². The van der Waals surface area contributed by atoms with Gasteiger partial charge in [0.25, 0.3) is 0 Å². The zero-order valence-corrected chi connectivity index (χ0v) is 8.79. The van der Waals surface area contributed by atoms with E-state index in [0.29, 0.717) is 6.54 Å². The standard InChI is InChI=1S/C9H8FN3OS/c1-2-13-9(11-5-12-13)7(14)8-6(10)3-4-15-8/h3-5H,2H2,1H3. The number of carbonyl (C=O) groups is 1. The maximum atomic E-state index is 13.2. The molecule has 78 valence electrons. The molecule has 15 heavy (non-hydrogen) atoms. The van der Waals surface area contributed by atoms with Crippen LogP contribution in [0.4, 0.5) is 4.39 Å². The lowest BCUT2D eigenvalue weighted by atomic mass is 10.3. The van der Waals surface area contributed by atoms with Gasteiger partial charge in [-0.3, -0.25) is 4.79 Å². The highest BCUT2D eigenvalue weighted by Crippen LogP contribution is 2.18. The van der Waals surface area contributed by atoms with Crippen LogP contribution in [-0.4, -0.2) is 20.5 Å². The smallest absolute Gasteiger partial charge is 0.242 e. The fourth-order valence-corrected chi connectivity index (χ4v) is 1.93. The van der Waals surface area contributed by atoms with E-state index in [2.05, 4.69) is 10.1 Å². The highest BCUT2D eigenvalue weighted by molar-refractivity contribution is 7.12. The molecule has 2 rings (SSSR count). The first-order chi connectivity index (χ1) is 7.24. The van der Waals surface area contributed by atoms with Gasteiger partial charge in [0.15, 0.2) is 0 Å². The first-order valence-corrected chi connectivity index (χ1v) is 5.27. The van der Waals surface area contributed by atoms with Crippen LogP contribution >= 0.6 is 11.3 Å². The molecule has 0 radical (unpaired) electrons. The topological polar surface area (TPSA) is 47.8 Å². The van der Waals surface area contributed by atoms with Crippen molar-refractivity contribution < 1.29 is 9.18 Å². The summed E-state index contributed by atoms with van der Waals surface area (Å²) in [5.41, 5.74) is 0. The minimum absolute atomic E-state index is 0.0812. The van der Waals surface area contributed by atoms with Crippen LogP contribution in [0.3, 0.4) is 0 Å². The van der Waals surface area contributed by atoms with Crippen LogP contribution in [0.25, 0.3) is 0 Å². The van der Waals surface area contributed by atoms with Crippen molar-refractivity contribution in [3.63, 3.8) is 0 Å². The van der Waals surface area contributed by atoms with Gasteiger partial charge in [-0.25, -0.2) is 14.1 Å². The van der Waals surface area contributed by atoms with Gasteiger partial charge in [-0.15, -0.1) is 11.3 Å². The minimum atomic E-state index is -0.504. The molecule has 0 aliphatic carbocycles. The zero-order valence-electron chi connectivity index (χ0n) is 7.98. The molecular weight excluding hydrogens is 217 g/mol. The summed E-state index contributed by atoms with van der Waals surface area (Å²) < 4.78 is 14.6. The van der Waals surface area contributed by atoms with Crippen LogP contribution in [0.1, 0.15) is 22.4 Å². The Kier molecular flexibility index (Phi) is 2.59. The van der Waals surface area contributed by atoms with E-state index in [1.807, 2.05) is 6.92 Å². The summed E-state index contributed by atoms with van der Waals surface area (Å²) in [4.78, 5) is 15.7. The Morgan fingerprint density at radius 3 is 3.07 bits per heavy atom. The van der Waals surface area contributed by atoms with Crippen molar-refractivity contribution in [1.29, 1.82) is 0 Å². The molecule has 0 spiro atoms. The monoisotopic (exact) mass is 225 g/mol. The van der Waals surface area contributed by atoms with Gasteiger partial charge in [0.05, 0.1) is 0 Å². The summed E-state index contributed by atoms with van der Waals surface area (Å²) in [7, 11) is 0. The summed E-state index contributed by atoms with van der Waals surface area (Å²) in [6, 6.07) is 1.27. The van der Waals surface area contributed by atoms with Crippen LogP contribution in [0.2, 0.25) is 0 Å². The van der Waals surface area contributed by atoms with E-state index in [4.69, 9.17) is 0 Å². The first-order valence-electron chi connectivity index (χ1n) is 4.39. The van der Waals surface area contributed by atoms with Crippen molar-refractivity contribution in [1.82, 2.24) is 14.8 Å². The molecule has 0 aromatic carbocycles. The van der Waals surface area contributed by atoms with Crippen molar-refractivity contribution in [3.05, 3.63) is 34.3 Å². The molecule has 0 fully saturated rings. The average molecular weight is 225 g/mol. The third-order valence-corrected chi connectivity index (χ3v) is 2.83. The van der Waals surface area contributed by atoms with Crippen molar-refractivity contribution in [2.45, 2.75) is 13.5 Å². The molecule has 2 heterocycles. The second kappa shape index (κ2) is 3.90. The molecule has 0 bridgehead atoms. The number of halogens is 1. The lowest BCUT2D eigenvalue weighted by Gasteiger charge is -1.99. The Morgan fingerprint density at radius 2 is 2.47 bits per heavy atom. The number of thiophene rings is 1. The average Bonchev–Trinajstić information content (AvgIpc) is 2.84. The number of nitrogens with zero attached hydrogens (tertiary/aromatic N) is 3. The highest BCUT2D eigenvalue weighted by Gasteiger charge is 2.20. The van der Waals surface area contributed by atoms with Crippen LogP contribution in [0.15, 0.2) is 17.8 Å². The van der Waals surface area contributed by atoms with E-state index in [0.717, 1.165) is 11.3 Å². The second-order valence-corrected chi connectivity index (χ2v) is 3.74. The van der Waals surface area contributed by atoms with Gasteiger partial charge in [0.1, 0.15) is 17.0 Å². The summed E-state index contributed by atoms with van der Waals surface area (Å²) >= 11 is 1.07. The molecule has 0 aliphatic rings. The fourth-order valence-electron chi connectivity index (χ4n) is 1.23. The third kappa shape index (κ3) is 1.68. The number of carbonyl (C=O) groups excluding carboxylic acids is 1. The quantitative estimate of drug-likeness (QED) is 0.747. The largest absolute Gasteiger partial charge is 0.284 e. The number of aryl methyl sites for hydroxylation is 1. The number of aromatic nitrogens is 3. The van der Waals surface area contributed by atoms with Crippen molar-refractivity contribution in [2.24, 2.45) is 0 Å². The van der Waals surface area contributed by atoms with E-state index in [9.17, 15) is 9.18 Å². The van der Waals surface area contributed by atoms with E-state index >= 15 is 0 Å². The summed E-state index contributed by atoms with van der Waals surface area (Å²) in [6.45, 7) is 2.38. The molecule has 2 aromatic rings. The number of ketones is 1. The molecule has 2 aromatic heterocycles. The van der Waals surface area contributed by atoms with Gasteiger partial charge in [-0.1, -0.05) is 0 Å². The number of hydrogen-bond acceptors (Lipinski definition) is 4. The van der Waals surface area contributed by atoms with Gasteiger partial charge in [-0.2, -0.15) is 5.10 Å². The molecule has 0 saturated heterocycles. The Hall–Kier alpha value is -1.56. The summed E-state index contributed by atoms with van der Waals surface area (Å²) in [6.07, 6.45) is 1.29. The van der Waals surface area contributed by atoms with E-state index in [1.165, 1.54) is 22.5 Å².